The van der Waals surface area contributed by atoms with Crippen LogP contribution in [0.25, 0.3) is 0 Å². The Kier molecular flexibility index (Phi) is 15.9. The average molecular weight is 368 g/mol. The molecule has 0 heterocycles. The summed E-state index contributed by atoms with van der Waals surface area (Å²) in [6, 6.07) is 0. The van der Waals surface area contributed by atoms with Gasteiger partial charge in [-0.25, -0.2) is 0 Å². The maximum Gasteiger partial charge on any atom is -1.00 e. The Morgan fingerprint density at radius 3 is 1.40 bits per heavy atom. The van der Waals surface area contributed by atoms with Crippen LogP contribution in [0.5, 0.6) is 0 Å². The molecule has 0 amide bonds. The predicted molar refractivity (Wildman–Crippen MR) is 43.7 cm³/mol. The number of hydrogen-bond donors (Lipinski definition) is 0. The zero-order valence-corrected chi connectivity index (χ0v) is 12.8. The van der Waals surface area contributed by atoms with Crippen LogP contribution in [-0.2, 0) is 18.6 Å². The normalized spacial score (nSPS) is 14.7. The van der Waals surface area contributed by atoms with Gasteiger partial charge in [-0.3, -0.25) is 0 Å². The molecule has 0 atom stereocenters. The molecule has 0 aromatic carbocycles. The largest absolute Gasteiger partial charge is 1.00 e. The number of halogens is 4. The van der Waals surface area contributed by atoms with Gasteiger partial charge in [0.15, 0.2) is 0 Å². The van der Waals surface area contributed by atoms with E-state index >= 15 is 0 Å². The van der Waals surface area contributed by atoms with Crippen molar-refractivity contribution in [3.8, 4) is 0 Å². The van der Waals surface area contributed by atoms with Gasteiger partial charge < -0.3 is 49.6 Å². The molecule has 15 heavy (non-hydrogen) atoms. The summed E-state index contributed by atoms with van der Waals surface area (Å²) in [5, 5.41) is 0. The summed E-state index contributed by atoms with van der Waals surface area (Å²) in [4.78, 5) is 0. The average Bonchev–Trinajstić information content (AvgIpc) is 2.60. The monoisotopic (exact) mass is 368 g/mol. The Morgan fingerprint density at radius 1 is 0.733 bits per heavy atom. The molecule has 2 aliphatic carbocycles. The van der Waals surface area contributed by atoms with Crippen LogP contribution >= 0.6 is 0 Å². The molecule has 0 N–H and O–H groups in total. The number of hydrogen-bond acceptors (Lipinski definition) is 0. The fraction of sp³-hybridized carbons (Fsp3) is 0.200. The molecule has 0 nitrogen and oxygen atoms in total. The van der Waals surface area contributed by atoms with E-state index in [9.17, 15) is 0 Å². The van der Waals surface area contributed by atoms with Gasteiger partial charge in [0, 0.05) is 0 Å². The Labute approximate surface area is 125 Å². The number of rotatable bonds is 2. The summed E-state index contributed by atoms with van der Waals surface area (Å²) >= 11 is 0.0394. The second-order valence-corrected chi connectivity index (χ2v) is 5.71. The van der Waals surface area contributed by atoms with Crippen LogP contribution in [0.3, 0.4) is 0 Å². The maximum atomic E-state index is 2.29. The third kappa shape index (κ3) is 6.87. The van der Waals surface area contributed by atoms with Crippen LogP contribution in [-0.4, -0.2) is 0 Å². The quantitative estimate of drug-likeness (QED) is 0.425. The fourth-order valence-electron chi connectivity index (χ4n) is 1.17. The summed E-state index contributed by atoms with van der Waals surface area (Å²) < 4.78 is 3.37. The smallest absolute Gasteiger partial charge is 1.00 e. The molecule has 0 radical (unpaired) electrons. The van der Waals surface area contributed by atoms with E-state index in [1.165, 1.54) is 12.8 Å². The van der Waals surface area contributed by atoms with Gasteiger partial charge >= 0.3 is 75.8 Å². The van der Waals surface area contributed by atoms with Crippen molar-refractivity contribution in [3.63, 3.8) is 0 Å². The van der Waals surface area contributed by atoms with Crippen molar-refractivity contribution < 1.29 is 68.2 Å². The topological polar surface area (TPSA) is 0 Å². The second kappa shape index (κ2) is 11.3. The Balaban J connectivity index is -0.000000360. The molecular weight excluding hydrogens is 358 g/mol. The minimum Gasteiger partial charge on any atom is -1.00 e. The molecule has 0 fully saturated rings. The Hall–Kier alpha value is 0.808. The zero-order chi connectivity index (χ0) is 7.52. The van der Waals surface area contributed by atoms with E-state index in [-0.39, 0.29) is 68.2 Å². The first-order valence-electron chi connectivity index (χ1n) is 3.84. The standard InChI is InChI=1S/2C5H5.4ClH.Mo/c2*1-2-4-5-3-1;;;;;/h2*1-3H,4H2;4*1H;/q;;;;;;+4/p-4. The van der Waals surface area contributed by atoms with Crippen molar-refractivity contribution in [2.75, 3.05) is 0 Å². The van der Waals surface area contributed by atoms with Crippen LogP contribution in [0.2, 0.25) is 0 Å². The van der Waals surface area contributed by atoms with Crippen LogP contribution in [0.4, 0.5) is 0 Å². The first kappa shape index (κ1) is 21.1. The van der Waals surface area contributed by atoms with E-state index in [1.54, 1.807) is 7.93 Å². The maximum absolute atomic E-state index is 2.29. The fourth-order valence-corrected chi connectivity index (χ4v) is 3.61. The van der Waals surface area contributed by atoms with Gasteiger partial charge in [0.25, 0.3) is 0 Å². The van der Waals surface area contributed by atoms with Gasteiger partial charge in [-0.05, 0) is 0 Å². The third-order valence-corrected chi connectivity index (χ3v) is 4.51. The molecule has 0 aromatic rings. The predicted octanol–water partition coefficient (Wildman–Crippen LogP) is -9.23. The van der Waals surface area contributed by atoms with Crippen molar-refractivity contribution in [3.05, 3.63) is 44.4 Å². The molecule has 0 spiro atoms. The number of allylic oxidation sites excluding steroid dienone is 8. The van der Waals surface area contributed by atoms with Crippen LogP contribution in [0.15, 0.2) is 44.4 Å². The molecule has 0 aromatic heterocycles. The van der Waals surface area contributed by atoms with Gasteiger partial charge in [0.1, 0.15) is 0 Å². The summed E-state index contributed by atoms with van der Waals surface area (Å²) in [6.07, 6.45) is 15.9. The van der Waals surface area contributed by atoms with E-state index in [4.69, 9.17) is 0 Å². The van der Waals surface area contributed by atoms with Crippen LogP contribution < -0.4 is 49.6 Å². The minimum absolute atomic E-state index is 0. The van der Waals surface area contributed by atoms with E-state index < -0.39 is 0 Å². The molecule has 5 heteroatoms. The van der Waals surface area contributed by atoms with Gasteiger partial charge in [-0.2, -0.15) is 0 Å². The summed E-state index contributed by atoms with van der Waals surface area (Å²) in [6.45, 7) is 0. The van der Waals surface area contributed by atoms with Crippen LogP contribution in [0.1, 0.15) is 12.8 Å². The van der Waals surface area contributed by atoms with Gasteiger partial charge in [0.2, 0.25) is 0 Å². The van der Waals surface area contributed by atoms with E-state index in [0.29, 0.717) is 0 Å². The first-order chi connectivity index (χ1) is 5.45. The minimum atomic E-state index is 0. The second-order valence-electron chi connectivity index (χ2n) is 2.63. The molecule has 0 unspecified atom stereocenters. The van der Waals surface area contributed by atoms with Crippen LogP contribution in [0, 0.1) is 0 Å². The summed E-state index contributed by atoms with van der Waals surface area (Å²) in [5.74, 6) is 0. The van der Waals surface area contributed by atoms with Crippen molar-refractivity contribution in [1.29, 1.82) is 0 Å². The summed E-state index contributed by atoms with van der Waals surface area (Å²) in [5.41, 5.74) is 0. The Bertz CT molecular complexity index is 251. The van der Waals surface area contributed by atoms with E-state index in [0.717, 1.165) is 0 Å². The molecule has 2 rings (SSSR count). The SMILES string of the molecule is C1=CC[C]([Mo+4][C]2=CC=CC2)=C1.[Cl-].[Cl-].[Cl-].[Cl-]. The van der Waals surface area contributed by atoms with Crippen molar-refractivity contribution in [2.45, 2.75) is 12.8 Å². The first-order valence-corrected chi connectivity index (χ1v) is 5.85. The van der Waals surface area contributed by atoms with Gasteiger partial charge in [-0.1, -0.05) is 0 Å². The molecule has 0 bridgehead atoms. The van der Waals surface area contributed by atoms with Crippen molar-refractivity contribution in [1.82, 2.24) is 0 Å². The zero-order valence-electron chi connectivity index (χ0n) is 7.80. The van der Waals surface area contributed by atoms with Crippen molar-refractivity contribution >= 4 is 0 Å². The molecule has 84 valence electrons. The van der Waals surface area contributed by atoms with E-state index in [1.807, 2.05) is 0 Å². The van der Waals surface area contributed by atoms with E-state index in [2.05, 4.69) is 36.5 Å². The Morgan fingerprint density at radius 2 is 1.13 bits per heavy atom. The van der Waals surface area contributed by atoms with Gasteiger partial charge in [0.05, 0.1) is 0 Å². The molecular formula is C10H10Cl4Mo. The summed E-state index contributed by atoms with van der Waals surface area (Å²) in [7, 11) is 0. The molecule has 2 aliphatic rings. The molecule has 0 saturated heterocycles. The third-order valence-electron chi connectivity index (χ3n) is 1.74. The molecule has 0 aliphatic heterocycles. The van der Waals surface area contributed by atoms with Gasteiger partial charge in [-0.15, -0.1) is 0 Å². The van der Waals surface area contributed by atoms with Crippen molar-refractivity contribution in [2.24, 2.45) is 0 Å². The molecule has 0 saturated carbocycles.